The summed E-state index contributed by atoms with van der Waals surface area (Å²) >= 11 is 0. The van der Waals surface area contributed by atoms with E-state index in [0.29, 0.717) is 31.4 Å². The van der Waals surface area contributed by atoms with Crippen molar-refractivity contribution in [3.05, 3.63) is 90.0 Å². The number of carbonyl (C=O) groups is 12. The number of likely N-dealkylation sites (N-methyl/N-ethyl adjacent to an activating group) is 2. The van der Waals surface area contributed by atoms with E-state index in [4.69, 9.17) is 24.7 Å². The van der Waals surface area contributed by atoms with Gasteiger partial charge in [-0.2, -0.15) is 0 Å². The average Bonchev–Trinajstić information content (AvgIpc) is 1.79. The van der Waals surface area contributed by atoms with E-state index in [-0.39, 0.29) is 78.8 Å². The minimum atomic E-state index is -1.94. The molecule has 0 aliphatic carbocycles. The van der Waals surface area contributed by atoms with Crippen molar-refractivity contribution < 1.29 is 86.7 Å². The second-order valence-corrected chi connectivity index (χ2v) is 28.6. The van der Waals surface area contributed by atoms with Gasteiger partial charge in [0.1, 0.15) is 23.7 Å². The molecule has 0 saturated carbocycles. The highest BCUT2D eigenvalue weighted by molar-refractivity contribution is 6.05. The zero-order valence-corrected chi connectivity index (χ0v) is 63.3. The number of carboxylic acids is 1. The zero-order valence-electron chi connectivity index (χ0n) is 63.3. The third-order valence-corrected chi connectivity index (χ3v) is 18.3. The fourth-order valence-corrected chi connectivity index (χ4v) is 12.6. The van der Waals surface area contributed by atoms with Gasteiger partial charge in [0.15, 0.2) is 0 Å². The molecule has 1 aliphatic heterocycles. The van der Waals surface area contributed by atoms with Crippen molar-refractivity contribution in [2.24, 2.45) is 35.3 Å². The molecule has 11 amide bonds. The topological polar surface area (TPSA) is 402 Å². The highest BCUT2D eigenvalue weighted by Crippen LogP contribution is 2.32. The zero-order chi connectivity index (χ0) is 78.1. The van der Waals surface area contributed by atoms with Crippen molar-refractivity contribution in [3.63, 3.8) is 0 Å². The third kappa shape index (κ3) is 26.7. The van der Waals surface area contributed by atoms with Gasteiger partial charge in [-0.25, -0.2) is 14.4 Å². The number of hydrogen-bond donors (Lipinski definition) is 10. The van der Waals surface area contributed by atoms with E-state index in [1.165, 1.54) is 57.4 Å². The van der Waals surface area contributed by atoms with Crippen LogP contribution in [0.1, 0.15) is 172 Å². The SMILES string of the molecule is C=C(C(=O)Nc1ccc(C(OC(=O)N(C)[C@H](C(=O)N[C@H](C(=C)C(=O)N(C)[C@@H]([C@@H](C)CC)[C@@H](CC(=O)N2CCC[C@H]2[C@H](OC)[C@@H](C)C(=O)N[C@H](C)[C@@H](O)c2ccccc2)OC)C(C)C)C(C)C)C(=O)O)cc1)[C@H](CCCNC(N)=O)NC(=O)[C@@H](NC(=O)[C@H](CCC(=O)OC(C)(C)C)NC(C)=O)C(C)C. The van der Waals surface area contributed by atoms with Crippen LogP contribution in [-0.4, -0.2) is 204 Å². The number of methoxy groups -OCH3 is 2. The van der Waals surface area contributed by atoms with Crippen molar-refractivity contribution in [1.82, 2.24) is 46.6 Å². The number of primary amides is 1. The maximum atomic E-state index is 14.8. The maximum absolute atomic E-state index is 14.8. The highest BCUT2D eigenvalue weighted by Gasteiger charge is 2.44. The molecule has 0 bridgehead atoms. The highest BCUT2D eigenvalue weighted by atomic mass is 16.6. The van der Waals surface area contributed by atoms with Crippen LogP contribution in [0.25, 0.3) is 0 Å². The Labute approximate surface area is 606 Å². The standard InChI is InChI=1S/C74H115N11O18/c1-21-43(8)61(55(100-19)39-56(87)85-38-26-30-54(85)63(101-20)46(11)66(91)77-47(12)62(89)49-27-23-22-24-28-49)83(17)70(95)45(10)58(40(2)3)81-69(94)60(42(6)7)84(18)73(99)102-64(71(96)97)50-31-33-51(34-32-50)79-65(90)44(9)52(29-25-37-76-72(75)98)80-68(93)59(41(4)5)82-67(92)53(78-48(13)86)35-36-57(88)103-74(14,15)16/h22-24,27-28,31-34,40-43,46-47,52-55,58-64,89H,9-10,21,25-26,29-30,35-39H2,1-8,11-20H3,(H,77,91)(H,78,86)(H,79,90)(H,80,93)(H,81,94)(H,82,92)(H,96,97)(H3,75,76,98)/t43-,46+,47+,52-,53-,54-,55+,58-,59-,60-,61-,62+,63+,64?/m0/s1. The fraction of sp³-hybridized carbons (Fsp3) is 0.622. The first-order chi connectivity index (χ1) is 48.1. The van der Waals surface area contributed by atoms with Crippen LogP contribution in [-0.2, 0) is 66.9 Å². The number of carbonyl (C=O) groups excluding carboxylic acids is 11. The number of ether oxygens (including phenoxy) is 4. The number of urea groups is 1. The normalized spacial score (nSPS) is 16.8. The van der Waals surface area contributed by atoms with E-state index in [9.17, 15) is 67.7 Å². The van der Waals surface area contributed by atoms with Gasteiger partial charge in [0, 0.05) is 77.1 Å². The molecule has 1 heterocycles. The Kier molecular flexibility index (Phi) is 35.4. The molecule has 1 aliphatic rings. The molecule has 0 aromatic heterocycles. The van der Waals surface area contributed by atoms with Gasteiger partial charge < -0.3 is 81.9 Å². The molecule has 29 nitrogen and oxygen atoms in total. The van der Waals surface area contributed by atoms with Crippen LogP contribution < -0.4 is 43.0 Å². The van der Waals surface area contributed by atoms with Crippen LogP contribution in [0, 0.1) is 29.6 Å². The van der Waals surface area contributed by atoms with E-state index in [0.717, 1.165) is 4.90 Å². The van der Waals surface area contributed by atoms with Crippen molar-refractivity contribution in [2.75, 3.05) is 46.7 Å². The Bertz CT molecular complexity index is 3250. The van der Waals surface area contributed by atoms with Crippen molar-refractivity contribution in [2.45, 2.75) is 227 Å². The summed E-state index contributed by atoms with van der Waals surface area (Å²) in [5.74, 6) is -9.51. The Morgan fingerprint density at radius 2 is 1.31 bits per heavy atom. The minimum absolute atomic E-state index is 0.00641. The summed E-state index contributed by atoms with van der Waals surface area (Å²) in [5.41, 5.74) is 5.00. The number of carboxylic acid groups (broad SMARTS) is 1. The third-order valence-electron chi connectivity index (χ3n) is 18.3. The number of likely N-dealkylation sites (tertiary alicyclic amines) is 1. The molecule has 2 aromatic carbocycles. The number of nitrogens with two attached hydrogens (primary N) is 1. The Morgan fingerprint density at radius 3 is 1.83 bits per heavy atom. The number of benzene rings is 2. The molecule has 2 aromatic rings. The quantitative estimate of drug-likeness (QED) is 0.0209. The van der Waals surface area contributed by atoms with E-state index in [2.05, 4.69) is 50.4 Å². The number of nitrogens with zero attached hydrogens (tertiary/aromatic N) is 3. The number of esters is 1. The Hall–Kier alpha value is -8.96. The van der Waals surface area contributed by atoms with Crippen molar-refractivity contribution >= 4 is 77.0 Å². The van der Waals surface area contributed by atoms with Crippen LogP contribution in [0.15, 0.2) is 78.9 Å². The van der Waals surface area contributed by atoms with Gasteiger partial charge in [0.2, 0.25) is 41.5 Å². The number of hydrogen-bond acceptors (Lipinski definition) is 17. The molecular weight excluding hydrogens is 1330 g/mol. The molecule has 1 saturated heterocycles. The number of aliphatic hydroxyl groups excluding tert-OH is 1. The molecule has 103 heavy (non-hydrogen) atoms. The summed E-state index contributed by atoms with van der Waals surface area (Å²) in [6.45, 7) is 32.3. The molecular formula is C74H115N11O18. The van der Waals surface area contributed by atoms with Gasteiger partial charge in [-0.1, -0.05) is 124 Å². The molecule has 1 unspecified atom stereocenters. The summed E-state index contributed by atoms with van der Waals surface area (Å²) in [4.78, 5) is 166. The summed E-state index contributed by atoms with van der Waals surface area (Å²) in [5, 5.41) is 40.3. The largest absolute Gasteiger partial charge is 0.478 e. The van der Waals surface area contributed by atoms with Crippen molar-refractivity contribution in [1.29, 1.82) is 0 Å². The van der Waals surface area contributed by atoms with Crippen LogP contribution in [0.2, 0.25) is 0 Å². The number of nitrogens with one attached hydrogen (secondary N) is 7. The van der Waals surface area contributed by atoms with E-state index < -0.39 is 162 Å². The first-order valence-corrected chi connectivity index (χ1v) is 35.2. The van der Waals surface area contributed by atoms with Gasteiger partial charge >= 0.3 is 24.1 Å². The Balaban J connectivity index is 1.79. The first kappa shape index (κ1) is 88.3. The first-order valence-electron chi connectivity index (χ1n) is 35.2. The summed E-state index contributed by atoms with van der Waals surface area (Å²) in [7, 11) is 5.80. The second-order valence-electron chi connectivity index (χ2n) is 28.6. The number of anilines is 1. The number of rotatable bonds is 40. The van der Waals surface area contributed by atoms with Gasteiger partial charge in [-0.05, 0) is 101 Å². The molecule has 0 spiro atoms. The van der Waals surface area contributed by atoms with E-state index in [1.807, 2.05) is 19.9 Å². The lowest BCUT2D eigenvalue weighted by atomic mass is 9.88. The lowest BCUT2D eigenvalue weighted by Gasteiger charge is -2.40. The van der Waals surface area contributed by atoms with Crippen LogP contribution in [0.5, 0.6) is 0 Å². The number of aliphatic hydroxyl groups is 1. The minimum Gasteiger partial charge on any atom is -0.478 e. The Morgan fingerprint density at radius 1 is 0.709 bits per heavy atom. The van der Waals surface area contributed by atoms with Gasteiger partial charge in [-0.15, -0.1) is 0 Å². The van der Waals surface area contributed by atoms with Gasteiger partial charge in [0.25, 0.3) is 11.8 Å². The maximum Gasteiger partial charge on any atom is 0.411 e. The lowest BCUT2D eigenvalue weighted by molar-refractivity contribution is -0.155. The molecule has 11 N–H and O–H groups in total. The number of amides is 11. The van der Waals surface area contributed by atoms with Crippen molar-refractivity contribution in [3.8, 4) is 0 Å². The molecule has 1 fully saturated rings. The fourth-order valence-electron chi connectivity index (χ4n) is 12.6. The molecule has 14 atom stereocenters. The van der Waals surface area contributed by atoms with Crippen LogP contribution in [0.4, 0.5) is 15.3 Å². The molecule has 29 heteroatoms. The summed E-state index contributed by atoms with van der Waals surface area (Å²) < 4.78 is 23.0. The smallest absolute Gasteiger partial charge is 0.411 e. The predicted octanol–water partition coefficient (Wildman–Crippen LogP) is 5.96. The van der Waals surface area contributed by atoms with Gasteiger partial charge in [0.05, 0.1) is 60.9 Å². The summed E-state index contributed by atoms with van der Waals surface area (Å²) in [6, 6.07) is 5.73. The van der Waals surface area contributed by atoms with Crippen LogP contribution >= 0.6 is 0 Å². The van der Waals surface area contributed by atoms with E-state index in [1.54, 1.807) is 112 Å². The second kappa shape index (κ2) is 41.4. The predicted molar refractivity (Wildman–Crippen MR) is 387 cm³/mol. The van der Waals surface area contributed by atoms with Gasteiger partial charge in [-0.3, -0.25) is 48.1 Å². The summed E-state index contributed by atoms with van der Waals surface area (Å²) in [6.07, 6.45) is -4.15. The molecule has 0 radical (unpaired) electrons. The molecule has 3 rings (SSSR count). The average molecular weight is 1450 g/mol. The monoisotopic (exact) mass is 1450 g/mol. The van der Waals surface area contributed by atoms with Crippen LogP contribution in [0.3, 0.4) is 0 Å². The molecule has 574 valence electrons. The van der Waals surface area contributed by atoms with E-state index >= 15 is 0 Å². The lowest BCUT2D eigenvalue weighted by Crippen LogP contribution is -2.57. The number of aliphatic carboxylic acids is 1.